The van der Waals surface area contributed by atoms with Gasteiger partial charge in [-0.1, -0.05) is 44.9 Å². The van der Waals surface area contributed by atoms with Gasteiger partial charge in [0.2, 0.25) is 0 Å². The molecule has 2 aromatic rings. The Morgan fingerprint density at radius 3 is 2.74 bits per heavy atom. The first kappa shape index (κ1) is 24.4. The molecule has 1 saturated heterocycles. The smallest absolute Gasteiger partial charge is 0.152 e. The maximum Gasteiger partial charge on any atom is 0.152 e. The average molecular weight is 459 g/mol. The van der Waals surface area contributed by atoms with Crippen LogP contribution < -0.4 is 5.32 Å². The Bertz CT molecular complexity index is 1020. The van der Waals surface area contributed by atoms with Crippen molar-refractivity contribution < 1.29 is 0 Å². The number of allylic oxidation sites excluding steroid dienone is 2. The van der Waals surface area contributed by atoms with E-state index in [0.717, 1.165) is 43.1 Å². The molecule has 1 aromatic heterocycles. The van der Waals surface area contributed by atoms with Crippen molar-refractivity contribution in [1.82, 2.24) is 15.1 Å². The highest BCUT2D eigenvalue weighted by molar-refractivity contribution is 5.57. The highest BCUT2D eigenvalue weighted by Gasteiger charge is 2.28. The first-order valence-electron chi connectivity index (χ1n) is 13.1. The summed E-state index contributed by atoms with van der Waals surface area (Å²) in [6.45, 7) is 19.5. The summed E-state index contributed by atoms with van der Waals surface area (Å²) in [6, 6.07) is 6.78. The summed E-state index contributed by atoms with van der Waals surface area (Å²) in [5.74, 6) is 2.20. The van der Waals surface area contributed by atoms with Crippen LogP contribution in [0.2, 0.25) is 0 Å². The van der Waals surface area contributed by atoms with E-state index >= 15 is 0 Å². The topological polar surface area (TPSA) is 44.0 Å². The molecule has 2 unspecified atom stereocenters. The molecule has 0 bridgehead atoms. The summed E-state index contributed by atoms with van der Waals surface area (Å²) in [5, 5.41) is 11.3. The summed E-state index contributed by atoms with van der Waals surface area (Å²) in [7, 11) is 0. The monoisotopic (exact) mass is 458 g/mol. The van der Waals surface area contributed by atoms with Crippen molar-refractivity contribution in [3.05, 3.63) is 77.3 Å². The second-order valence-corrected chi connectivity index (χ2v) is 10.3. The van der Waals surface area contributed by atoms with Crippen LogP contribution in [0.3, 0.4) is 0 Å². The van der Waals surface area contributed by atoms with Crippen LogP contribution in [0.1, 0.15) is 85.7 Å². The van der Waals surface area contributed by atoms with E-state index in [4.69, 9.17) is 0 Å². The third-order valence-corrected chi connectivity index (χ3v) is 7.80. The van der Waals surface area contributed by atoms with E-state index in [1.54, 1.807) is 0 Å². The van der Waals surface area contributed by atoms with Crippen molar-refractivity contribution in [2.24, 2.45) is 5.92 Å². The number of aryl methyl sites for hydroxylation is 3. The molecule has 1 aliphatic heterocycles. The van der Waals surface area contributed by atoms with Crippen molar-refractivity contribution in [2.75, 3.05) is 18.4 Å². The summed E-state index contributed by atoms with van der Waals surface area (Å²) < 4.78 is 0. The van der Waals surface area contributed by atoms with E-state index in [1.807, 2.05) is 6.08 Å². The van der Waals surface area contributed by atoms with Gasteiger partial charge in [0.05, 0.1) is 0 Å². The van der Waals surface area contributed by atoms with Crippen molar-refractivity contribution >= 4 is 11.9 Å². The Morgan fingerprint density at radius 2 is 2.00 bits per heavy atom. The summed E-state index contributed by atoms with van der Waals surface area (Å²) >= 11 is 0. The zero-order chi connectivity index (χ0) is 24.1. The third-order valence-electron chi connectivity index (χ3n) is 7.80. The fourth-order valence-corrected chi connectivity index (χ4v) is 5.83. The van der Waals surface area contributed by atoms with Gasteiger partial charge in [0, 0.05) is 42.2 Å². The Hall–Kier alpha value is -2.75. The van der Waals surface area contributed by atoms with Crippen LogP contribution in [0.25, 0.3) is 6.08 Å². The van der Waals surface area contributed by atoms with Gasteiger partial charge < -0.3 is 10.2 Å². The first-order valence-corrected chi connectivity index (χ1v) is 13.1. The minimum absolute atomic E-state index is 0.572. The van der Waals surface area contributed by atoms with E-state index in [9.17, 15) is 0 Å². The molecule has 2 fully saturated rings. The van der Waals surface area contributed by atoms with Crippen LogP contribution in [-0.2, 0) is 12.8 Å². The zero-order valence-corrected chi connectivity index (χ0v) is 21.3. The number of hydrogen-bond acceptors (Lipinski definition) is 3. The quantitative estimate of drug-likeness (QED) is 0.369. The molecule has 34 heavy (non-hydrogen) atoms. The van der Waals surface area contributed by atoms with Gasteiger partial charge in [-0.3, -0.25) is 5.10 Å². The molecular formula is C30H42N4. The summed E-state index contributed by atoms with van der Waals surface area (Å²) in [6.07, 6.45) is 12.4. The van der Waals surface area contributed by atoms with Crippen LogP contribution >= 0.6 is 0 Å². The second-order valence-electron chi connectivity index (χ2n) is 10.3. The van der Waals surface area contributed by atoms with E-state index in [2.05, 4.69) is 72.2 Å². The normalized spacial score (nSPS) is 20.0. The molecule has 1 aliphatic carbocycles. The third kappa shape index (κ3) is 5.84. The molecule has 0 spiro atoms. The lowest BCUT2D eigenvalue weighted by molar-refractivity contribution is 0.377. The van der Waals surface area contributed by atoms with Crippen molar-refractivity contribution in [3.8, 4) is 0 Å². The molecule has 182 valence electrons. The minimum atomic E-state index is 0.572. The van der Waals surface area contributed by atoms with E-state index in [-0.39, 0.29) is 0 Å². The fourth-order valence-electron chi connectivity index (χ4n) is 5.83. The number of aromatic amines is 1. The number of nitrogens with one attached hydrogen (secondary N) is 2. The number of hydrogen-bond donors (Lipinski definition) is 2. The molecule has 0 radical (unpaired) electrons. The lowest BCUT2D eigenvalue weighted by Crippen LogP contribution is -2.19. The Labute approximate surface area is 206 Å². The Morgan fingerprint density at radius 1 is 1.21 bits per heavy atom. The number of nitrogens with zero attached hydrogens (tertiary/aromatic N) is 2. The molecule has 2 heterocycles. The first-order chi connectivity index (χ1) is 16.5. The van der Waals surface area contributed by atoms with Crippen LogP contribution in [0, 0.1) is 12.8 Å². The molecule has 1 saturated carbocycles. The summed E-state index contributed by atoms with van der Waals surface area (Å²) in [4.78, 5) is 2.50. The Balaban J connectivity index is 1.28. The van der Waals surface area contributed by atoms with E-state index < -0.39 is 0 Å². The molecule has 4 nitrogen and oxygen atoms in total. The highest BCUT2D eigenvalue weighted by Crippen LogP contribution is 2.41. The van der Waals surface area contributed by atoms with E-state index in [1.165, 1.54) is 78.8 Å². The molecular weight excluding hydrogens is 416 g/mol. The molecule has 2 N–H and O–H groups in total. The standard InChI is InChI=1S/C30H42N4/c1-6-24-16-21(3)28(7-2)26(18-24)12-10-22(4)31-30-20-29(32-33-30)27-13-11-25(19-27)17-23(5)34-14-8-9-15-34/h7,16,18,20,25,27H,2,4-6,8-15,17,19H2,1,3H3,(H2,31,32,33). The van der Waals surface area contributed by atoms with Crippen LogP contribution in [0.15, 0.2) is 49.3 Å². The lowest BCUT2D eigenvalue weighted by Gasteiger charge is -2.23. The van der Waals surface area contributed by atoms with Gasteiger partial charge in [0.15, 0.2) is 5.82 Å². The SMILES string of the molecule is C=Cc1c(C)cc(CC)cc1CCC(=C)Nc1cc(C2CCC(CC(=C)N3CCCC3)C2)[nH]n1. The second kappa shape index (κ2) is 11.1. The number of benzene rings is 1. The minimum Gasteiger partial charge on any atom is -0.375 e. The van der Waals surface area contributed by atoms with Crippen LogP contribution in [-0.4, -0.2) is 28.2 Å². The van der Waals surface area contributed by atoms with Gasteiger partial charge in [0.1, 0.15) is 0 Å². The summed E-state index contributed by atoms with van der Waals surface area (Å²) in [5.41, 5.74) is 8.90. The molecule has 4 heteroatoms. The van der Waals surface area contributed by atoms with Gasteiger partial charge in [-0.2, -0.15) is 5.10 Å². The fraction of sp³-hybridized carbons (Fsp3) is 0.500. The van der Waals surface area contributed by atoms with Gasteiger partial charge in [-0.05, 0) is 92.9 Å². The number of H-pyrrole nitrogens is 1. The molecule has 2 atom stereocenters. The van der Waals surface area contributed by atoms with Crippen molar-refractivity contribution in [2.45, 2.75) is 77.6 Å². The molecule has 0 amide bonds. The predicted octanol–water partition coefficient (Wildman–Crippen LogP) is 7.37. The van der Waals surface area contributed by atoms with Crippen molar-refractivity contribution in [3.63, 3.8) is 0 Å². The number of aromatic nitrogens is 2. The maximum absolute atomic E-state index is 4.54. The zero-order valence-electron chi connectivity index (χ0n) is 21.3. The highest BCUT2D eigenvalue weighted by atomic mass is 15.2. The van der Waals surface area contributed by atoms with Crippen LogP contribution in [0.5, 0.6) is 0 Å². The number of likely N-dealkylation sites (tertiary alicyclic amines) is 1. The Kier molecular flexibility index (Phi) is 7.97. The van der Waals surface area contributed by atoms with Gasteiger partial charge in [-0.25, -0.2) is 0 Å². The number of rotatable bonds is 11. The number of anilines is 1. The lowest BCUT2D eigenvalue weighted by atomic mass is 9.94. The van der Waals surface area contributed by atoms with Crippen molar-refractivity contribution in [1.29, 1.82) is 0 Å². The van der Waals surface area contributed by atoms with Crippen LogP contribution in [0.4, 0.5) is 5.82 Å². The maximum atomic E-state index is 4.54. The molecule has 2 aliphatic rings. The average Bonchev–Trinajstić information content (AvgIpc) is 3.59. The van der Waals surface area contributed by atoms with Gasteiger partial charge >= 0.3 is 0 Å². The predicted molar refractivity (Wildman–Crippen MR) is 145 cm³/mol. The van der Waals surface area contributed by atoms with E-state index in [0.29, 0.717) is 5.92 Å². The van der Waals surface area contributed by atoms with Gasteiger partial charge in [0.25, 0.3) is 0 Å². The molecule has 4 rings (SSSR count). The molecule has 1 aromatic carbocycles. The largest absolute Gasteiger partial charge is 0.375 e. The van der Waals surface area contributed by atoms with Gasteiger partial charge in [-0.15, -0.1) is 0 Å².